The summed E-state index contributed by atoms with van der Waals surface area (Å²) in [6.07, 6.45) is 1.47. The molecule has 0 radical (unpaired) electrons. The Morgan fingerprint density at radius 3 is 2.69 bits per heavy atom. The minimum absolute atomic E-state index is 0.216. The summed E-state index contributed by atoms with van der Waals surface area (Å²) in [6.45, 7) is 0. The van der Waals surface area contributed by atoms with Gasteiger partial charge < -0.3 is 0 Å². The zero-order valence-corrected chi connectivity index (χ0v) is 7.47. The lowest BCUT2D eigenvalue weighted by Gasteiger charge is -1.86. The van der Waals surface area contributed by atoms with Gasteiger partial charge in [-0.25, -0.2) is 5.10 Å². The monoisotopic (exact) mass is 190 g/mol. The number of rotatable bonds is 0. The van der Waals surface area contributed by atoms with Crippen LogP contribution in [0.3, 0.4) is 0 Å². The molecular weight excluding hydrogens is 184 g/mol. The second-order valence-electron chi connectivity index (χ2n) is 2.61. The molecule has 64 valence electrons. The molecule has 1 heterocycles. The van der Waals surface area contributed by atoms with Crippen molar-refractivity contribution >= 4 is 23.0 Å². The molecule has 0 fully saturated rings. The normalized spacial score (nSPS) is 10.2. The van der Waals surface area contributed by atoms with Gasteiger partial charge in [-0.1, -0.05) is 30.4 Å². The zero-order chi connectivity index (χ0) is 9.26. The summed E-state index contributed by atoms with van der Waals surface area (Å²) >= 11 is 5.06. The highest BCUT2D eigenvalue weighted by molar-refractivity contribution is 7.71. The van der Waals surface area contributed by atoms with Crippen LogP contribution in [0.15, 0.2) is 35.3 Å². The van der Waals surface area contributed by atoms with Crippen molar-refractivity contribution in [1.82, 2.24) is 10.2 Å². The first kappa shape index (κ1) is 8.07. The van der Waals surface area contributed by atoms with Crippen LogP contribution in [-0.2, 0) is 0 Å². The topological polar surface area (TPSA) is 45.8 Å². The van der Waals surface area contributed by atoms with E-state index in [0.717, 1.165) is 5.39 Å². The van der Waals surface area contributed by atoms with Gasteiger partial charge in [0.05, 0.1) is 10.7 Å². The number of aromatic amines is 1. The standard InChI is InChI=1S/C9H6N2OS/c12-9-7-4-2-1-3-6(7)8(13)5-10-11-9/h1-5H,(H,11,12). The molecule has 0 aliphatic carbocycles. The van der Waals surface area contributed by atoms with Crippen molar-refractivity contribution in [2.75, 3.05) is 0 Å². The van der Waals surface area contributed by atoms with Crippen molar-refractivity contribution in [1.29, 1.82) is 0 Å². The molecule has 0 aliphatic rings. The van der Waals surface area contributed by atoms with Crippen LogP contribution in [0.2, 0.25) is 0 Å². The van der Waals surface area contributed by atoms with Gasteiger partial charge in [0, 0.05) is 10.8 Å². The maximum Gasteiger partial charge on any atom is 0.272 e. The van der Waals surface area contributed by atoms with E-state index in [1.54, 1.807) is 12.1 Å². The highest BCUT2D eigenvalue weighted by Gasteiger charge is 1.95. The fourth-order valence-electron chi connectivity index (χ4n) is 1.18. The Labute approximate surface area is 79.1 Å². The number of fused-ring (bicyclic) bond motifs is 1. The Hall–Kier alpha value is -1.55. The fraction of sp³-hybridized carbons (Fsp3) is 0. The molecule has 0 unspecified atom stereocenters. The molecule has 3 nitrogen and oxygen atoms in total. The first-order valence-electron chi connectivity index (χ1n) is 3.76. The Balaban J connectivity index is 3.19. The quantitative estimate of drug-likeness (QED) is 0.642. The van der Waals surface area contributed by atoms with E-state index in [2.05, 4.69) is 10.2 Å². The van der Waals surface area contributed by atoms with Gasteiger partial charge in [0.1, 0.15) is 0 Å². The van der Waals surface area contributed by atoms with E-state index in [4.69, 9.17) is 12.2 Å². The van der Waals surface area contributed by atoms with Gasteiger partial charge in [-0.05, 0) is 6.07 Å². The molecule has 0 aliphatic heterocycles. The third kappa shape index (κ3) is 1.36. The van der Waals surface area contributed by atoms with Gasteiger partial charge >= 0.3 is 0 Å². The van der Waals surface area contributed by atoms with E-state index >= 15 is 0 Å². The maximum atomic E-state index is 11.4. The summed E-state index contributed by atoms with van der Waals surface area (Å²) in [5.41, 5.74) is -0.216. The van der Waals surface area contributed by atoms with Crippen molar-refractivity contribution in [3.8, 4) is 0 Å². The molecule has 0 amide bonds. The molecule has 4 heteroatoms. The van der Waals surface area contributed by atoms with Crippen LogP contribution < -0.4 is 5.56 Å². The maximum absolute atomic E-state index is 11.4. The summed E-state index contributed by atoms with van der Waals surface area (Å²) in [7, 11) is 0. The number of aromatic nitrogens is 2. The number of H-pyrrole nitrogens is 1. The summed E-state index contributed by atoms with van der Waals surface area (Å²) < 4.78 is 0.578. The largest absolute Gasteiger partial charge is 0.272 e. The van der Waals surface area contributed by atoms with Crippen molar-refractivity contribution < 1.29 is 0 Å². The van der Waals surface area contributed by atoms with Gasteiger partial charge in [-0.2, -0.15) is 5.10 Å². The van der Waals surface area contributed by atoms with Crippen molar-refractivity contribution in [2.45, 2.75) is 0 Å². The van der Waals surface area contributed by atoms with Crippen molar-refractivity contribution in [3.63, 3.8) is 0 Å². The highest BCUT2D eigenvalue weighted by atomic mass is 32.1. The van der Waals surface area contributed by atoms with Gasteiger partial charge in [-0.3, -0.25) is 4.79 Å². The van der Waals surface area contributed by atoms with Crippen LogP contribution >= 0.6 is 12.2 Å². The number of hydrogen-bond donors (Lipinski definition) is 1. The molecule has 0 saturated heterocycles. The third-order valence-electron chi connectivity index (χ3n) is 1.79. The molecular formula is C9H6N2OS. The van der Waals surface area contributed by atoms with Gasteiger partial charge in [0.15, 0.2) is 0 Å². The molecule has 1 aromatic heterocycles. The van der Waals surface area contributed by atoms with Gasteiger partial charge in [0.25, 0.3) is 5.56 Å². The van der Waals surface area contributed by atoms with Crippen LogP contribution in [0.5, 0.6) is 0 Å². The molecule has 1 aromatic carbocycles. The zero-order valence-electron chi connectivity index (χ0n) is 6.65. The van der Waals surface area contributed by atoms with E-state index in [1.807, 2.05) is 12.1 Å². The number of hydrogen-bond acceptors (Lipinski definition) is 3. The summed E-state index contributed by atoms with van der Waals surface area (Å²) in [5, 5.41) is 7.39. The number of nitrogens with zero attached hydrogens (tertiary/aromatic N) is 1. The molecule has 2 aromatic rings. The lowest BCUT2D eigenvalue weighted by Crippen LogP contribution is -2.02. The molecule has 0 bridgehead atoms. The van der Waals surface area contributed by atoms with Crippen LogP contribution in [0.1, 0.15) is 0 Å². The lowest BCUT2D eigenvalue weighted by molar-refractivity contribution is 1.02. The molecule has 0 saturated carbocycles. The second kappa shape index (κ2) is 3.06. The van der Waals surface area contributed by atoms with E-state index in [-0.39, 0.29) is 5.56 Å². The first-order valence-corrected chi connectivity index (χ1v) is 4.16. The molecule has 0 spiro atoms. The van der Waals surface area contributed by atoms with Crippen LogP contribution in [0, 0.1) is 4.51 Å². The Bertz CT molecular complexity index is 513. The predicted molar refractivity (Wildman–Crippen MR) is 53.2 cm³/mol. The summed E-state index contributed by atoms with van der Waals surface area (Å²) in [6, 6.07) is 7.18. The molecule has 2 rings (SSSR count). The average Bonchev–Trinajstić information content (AvgIpc) is 2.29. The molecule has 13 heavy (non-hydrogen) atoms. The Kier molecular flexibility index (Phi) is 1.90. The summed E-state index contributed by atoms with van der Waals surface area (Å²) in [5.74, 6) is 0. The van der Waals surface area contributed by atoms with E-state index < -0.39 is 0 Å². The van der Waals surface area contributed by atoms with Crippen LogP contribution in [-0.4, -0.2) is 10.2 Å². The Morgan fingerprint density at radius 2 is 1.92 bits per heavy atom. The summed E-state index contributed by atoms with van der Waals surface area (Å²) in [4.78, 5) is 11.4. The predicted octanol–water partition coefficient (Wildman–Crippen LogP) is 1.65. The van der Waals surface area contributed by atoms with Crippen molar-refractivity contribution in [3.05, 3.63) is 45.3 Å². The average molecular weight is 190 g/mol. The van der Waals surface area contributed by atoms with Gasteiger partial charge in [-0.15, -0.1) is 0 Å². The SMILES string of the molecule is O=c1[nH]ncc(=S)c2ccccc12. The third-order valence-corrected chi connectivity index (χ3v) is 2.11. The Morgan fingerprint density at radius 1 is 1.23 bits per heavy atom. The fourth-order valence-corrected chi connectivity index (χ4v) is 1.41. The number of nitrogens with one attached hydrogen (secondary N) is 1. The van der Waals surface area contributed by atoms with Crippen LogP contribution in [0.4, 0.5) is 0 Å². The second-order valence-corrected chi connectivity index (χ2v) is 3.05. The molecule has 0 atom stereocenters. The van der Waals surface area contributed by atoms with E-state index in [0.29, 0.717) is 9.90 Å². The molecule has 1 N–H and O–H groups in total. The van der Waals surface area contributed by atoms with Crippen LogP contribution in [0.25, 0.3) is 10.8 Å². The minimum Gasteiger partial charge on any atom is -0.267 e. The van der Waals surface area contributed by atoms with Crippen molar-refractivity contribution in [2.24, 2.45) is 0 Å². The van der Waals surface area contributed by atoms with Gasteiger partial charge in [0.2, 0.25) is 0 Å². The van der Waals surface area contributed by atoms with E-state index in [1.165, 1.54) is 6.20 Å². The first-order chi connectivity index (χ1) is 6.29. The highest BCUT2D eigenvalue weighted by Crippen LogP contribution is 2.07. The number of benzene rings is 1. The van der Waals surface area contributed by atoms with E-state index in [9.17, 15) is 4.79 Å². The lowest BCUT2D eigenvalue weighted by atomic mass is 10.2. The minimum atomic E-state index is -0.216. The smallest absolute Gasteiger partial charge is 0.267 e.